The molecule has 1 fully saturated rings. The first-order chi connectivity index (χ1) is 14.1. The van der Waals surface area contributed by atoms with Crippen molar-refractivity contribution in [2.45, 2.75) is 19.9 Å². The number of rotatable bonds is 4. The molecule has 1 saturated heterocycles. The predicted octanol–water partition coefficient (Wildman–Crippen LogP) is 4.13. The summed E-state index contributed by atoms with van der Waals surface area (Å²) in [5.74, 6) is 1.67. The van der Waals surface area contributed by atoms with E-state index >= 15 is 0 Å². The predicted molar refractivity (Wildman–Crippen MR) is 127 cm³/mol. The van der Waals surface area contributed by atoms with Crippen molar-refractivity contribution in [2.24, 2.45) is 0 Å². The van der Waals surface area contributed by atoms with E-state index in [4.69, 9.17) is 4.74 Å². The standard InChI is InChI=1S/C23H26N4O2.2ClH/c1-16-14-19(17(2)27(16)22-10-6-7-11-25-22)23(28)26-13-12-24-15-20(26)18-8-4-5-9-21(18)29-3;;/h4-11,14,20,24H,12-13,15H2,1-3H3;2*1H. The SMILES string of the molecule is COc1ccccc1C1CNCCN1C(=O)c1cc(C)n(-c2ccccn2)c1C.Cl.Cl. The third-order valence-electron chi connectivity index (χ3n) is 5.54. The van der Waals surface area contributed by atoms with Gasteiger partial charge in [-0.15, -0.1) is 24.8 Å². The summed E-state index contributed by atoms with van der Waals surface area (Å²) in [5.41, 5.74) is 3.64. The molecule has 0 saturated carbocycles. The summed E-state index contributed by atoms with van der Waals surface area (Å²) >= 11 is 0. The number of pyridine rings is 1. The first-order valence-corrected chi connectivity index (χ1v) is 9.86. The van der Waals surface area contributed by atoms with Gasteiger partial charge in [-0.3, -0.25) is 4.79 Å². The molecule has 1 aliphatic heterocycles. The number of hydrogen-bond donors (Lipinski definition) is 1. The fourth-order valence-corrected chi connectivity index (χ4v) is 4.14. The Labute approximate surface area is 195 Å². The minimum absolute atomic E-state index is 0. The van der Waals surface area contributed by atoms with Crippen molar-refractivity contribution in [1.82, 2.24) is 19.8 Å². The molecular formula is C23H28Cl2N4O2. The first-order valence-electron chi connectivity index (χ1n) is 9.86. The van der Waals surface area contributed by atoms with E-state index in [1.807, 2.05) is 71.8 Å². The highest BCUT2D eigenvalue weighted by atomic mass is 35.5. The molecule has 3 heterocycles. The van der Waals surface area contributed by atoms with Crippen LogP contribution in [-0.2, 0) is 0 Å². The van der Waals surface area contributed by atoms with Gasteiger partial charge in [-0.2, -0.15) is 0 Å². The number of carbonyl (C=O) groups excluding carboxylic acids is 1. The summed E-state index contributed by atoms with van der Waals surface area (Å²) in [4.78, 5) is 20.0. The van der Waals surface area contributed by atoms with Crippen LogP contribution in [0.2, 0.25) is 0 Å². The van der Waals surface area contributed by atoms with Crippen molar-refractivity contribution >= 4 is 30.7 Å². The Hall–Kier alpha value is -2.54. The van der Waals surface area contributed by atoms with Gasteiger partial charge >= 0.3 is 0 Å². The number of aromatic nitrogens is 2. The molecule has 1 amide bonds. The number of nitrogens with one attached hydrogen (secondary N) is 1. The summed E-state index contributed by atoms with van der Waals surface area (Å²) in [6, 6.07) is 15.6. The molecule has 4 rings (SSSR count). The lowest BCUT2D eigenvalue weighted by Crippen LogP contribution is -2.48. The molecule has 1 aliphatic rings. The number of para-hydroxylation sites is 1. The molecule has 8 heteroatoms. The molecule has 31 heavy (non-hydrogen) atoms. The van der Waals surface area contributed by atoms with Crippen LogP contribution in [0.25, 0.3) is 5.82 Å². The molecule has 1 unspecified atom stereocenters. The number of carbonyl (C=O) groups is 1. The van der Waals surface area contributed by atoms with E-state index in [9.17, 15) is 4.79 Å². The van der Waals surface area contributed by atoms with Crippen molar-refractivity contribution in [2.75, 3.05) is 26.7 Å². The molecule has 0 radical (unpaired) electrons. The van der Waals surface area contributed by atoms with E-state index in [2.05, 4.69) is 10.3 Å². The molecule has 3 aromatic rings. The Kier molecular flexibility index (Phi) is 8.51. The number of piperazine rings is 1. The highest BCUT2D eigenvalue weighted by Gasteiger charge is 2.32. The summed E-state index contributed by atoms with van der Waals surface area (Å²) in [7, 11) is 1.67. The Bertz CT molecular complexity index is 1020. The summed E-state index contributed by atoms with van der Waals surface area (Å²) < 4.78 is 7.59. The van der Waals surface area contributed by atoms with Gasteiger partial charge in [0.2, 0.25) is 0 Å². The molecule has 0 spiro atoms. The van der Waals surface area contributed by atoms with E-state index < -0.39 is 0 Å². The lowest BCUT2D eigenvalue weighted by atomic mass is 10.0. The Morgan fingerprint density at radius 1 is 1.13 bits per heavy atom. The van der Waals surface area contributed by atoms with Gasteiger partial charge < -0.3 is 19.5 Å². The number of methoxy groups -OCH3 is 1. The molecule has 1 N–H and O–H groups in total. The minimum atomic E-state index is -0.0784. The van der Waals surface area contributed by atoms with Crippen LogP contribution < -0.4 is 10.1 Å². The third-order valence-corrected chi connectivity index (χ3v) is 5.54. The van der Waals surface area contributed by atoms with Crippen LogP contribution in [0, 0.1) is 13.8 Å². The van der Waals surface area contributed by atoms with Crippen LogP contribution in [0.5, 0.6) is 5.75 Å². The number of halogens is 2. The highest BCUT2D eigenvalue weighted by molar-refractivity contribution is 5.96. The quantitative estimate of drug-likeness (QED) is 0.632. The maximum absolute atomic E-state index is 13.6. The van der Waals surface area contributed by atoms with Crippen molar-refractivity contribution < 1.29 is 9.53 Å². The number of hydrogen-bond acceptors (Lipinski definition) is 4. The molecule has 1 atom stereocenters. The van der Waals surface area contributed by atoms with Gasteiger partial charge in [0.15, 0.2) is 0 Å². The van der Waals surface area contributed by atoms with E-state index in [1.54, 1.807) is 13.3 Å². The van der Waals surface area contributed by atoms with E-state index in [-0.39, 0.29) is 36.8 Å². The number of benzene rings is 1. The van der Waals surface area contributed by atoms with Crippen LogP contribution in [-0.4, -0.2) is 47.1 Å². The normalized spacial score (nSPS) is 15.6. The van der Waals surface area contributed by atoms with Gasteiger partial charge in [0.05, 0.1) is 18.7 Å². The highest BCUT2D eigenvalue weighted by Crippen LogP contribution is 2.32. The third kappa shape index (κ3) is 4.71. The first kappa shape index (κ1) is 24.7. The number of amides is 1. The van der Waals surface area contributed by atoms with Gasteiger partial charge in [0.25, 0.3) is 5.91 Å². The van der Waals surface area contributed by atoms with Gasteiger partial charge in [-0.25, -0.2) is 4.98 Å². The fraction of sp³-hybridized carbons (Fsp3) is 0.304. The van der Waals surface area contributed by atoms with Gasteiger partial charge in [-0.1, -0.05) is 24.3 Å². The molecule has 1 aromatic carbocycles. The van der Waals surface area contributed by atoms with E-state index in [0.717, 1.165) is 40.6 Å². The molecule has 166 valence electrons. The molecule has 6 nitrogen and oxygen atoms in total. The van der Waals surface area contributed by atoms with E-state index in [1.165, 1.54) is 0 Å². The Morgan fingerprint density at radius 3 is 2.58 bits per heavy atom. The smallest absolute Gasteiger partial charge is 0.256 e. The second-order valence-corrected chi connectivity index (χ2v) is 7.27. The van der Waals surface area contributed by atoms with Crippen LogP contribution in [0.15, 0.2) is 54.7 Å². The largest absolute Gasteiger partial charge is 0.496 e. The van der Waals surface area contributed by atoms with Crippen molar-refractivity contribution in [3.05, 3.63) is 77.2 Å². The maximum Gasteiger partial charge on any atom is 0.256 e. The Morgan fingerprint density at radius 2 is 1.87 bits per heavy atom. The van der Waals surface area contributed by atoms with Crippen molar-refractivity contribution in [3.8, 4) is 11.6 Å². The van der Waals surface area contributed by atoms with Crippen molar-refractivity contribution in [3.63, 3.8) is 0 Å². The van der Waals surface area contributed by atoms with Crippen molar-refractivity contribution in [1.29, 1.82) is 0 Å². The van der Waals surface area contributed by atoms with Crippen LogP contribution in [0.1, 0.15) is 33.4 Å². The maximum atomic E-state index is 13.6. The summed E-state index contributed by atoms with van der Waals surface area (Å²) in [6.07, 6.45) is 1.77. The van der Waals surface area contributed by atoms with Gasteiger partial charge in [-0.05, 0) is 38.1 Å². The average Bonchev–Trinajstić information content (AvgIpc) is 3.07. The number of nitrogens with zero attached hydrogens (tertiary/aromatic N) is 3. The van der Waals surface area contributed by atoms with E-state index in [0.29, 0.717) is 13.1 Å². The topological polar surface area (TPSA) is 59.4 Å². The average molecular weight is 463 g/mol. The summed E-state index contributed by atoms with van der Waals surface area (Å²) in [6.45, 7) is 6.11. The lowest BCUT2D eigenvalue weighted by Gasteiger charge is -2.37. The zero-order valence-electron chi connectivity index (χ0n) is 17.9. The zero-order chi connectivity index (χ0) is 20.4. The molecule has 0 bridgehead atoms. The molecule has 2 aromatic heterocycles. The van der Waals surface area contributed by atoms with Crippen LogP contribution in [0.4, 0.5) is 0 Å². The fourth-order valence-electron chi connectivity index (χ4n) is 4.14. The monoisotopic (exact) mass is 462 g/mol. The Balaban J connectivity index is 0.00000171. The second-order valence-electron chi connectivity index (χ2n) is 7.27. The lowest BCUT2D eigenvalue weighted by molar-refractivity contribution is 0.0631. The van der Waals surface area contributed by atoms with Gasteiger partial charge in [0, 0.05) is 42.8 Å². The van der Waals surface area contributed by atoms with Crippen LogP contribution in [0.3, 0.4) is 0 Å². The summed E-state index contributed by atoms with van der Waals surface area (Å²) in [5, 5.41) is 3.41. The number of aryl methyl sites for hydroxylation is 1. The zero-order valence-corrected chi connectivity index (χ0v) is 19.5. The molecular weight excluding hydrogens is 435 g/mol. The van der Waals surface area contributed by atoms with Gasteiger partial charge in [0.1, 0.15) is 11.6 Å². The second kappa shape index (κ2) is 10.7. The number of ether oxygens (including phenoxy) is 1. The minimum Gasteiger partial charge on any atom is -0.496 e. The van der Waals surface area contributed by atoms with Crippen LogP contribution >= 0.6 is 24.8 Å². The molecule has 0 aliphatic carbocycles.